The summed E-state index contributed by atoms with van der Waals surface area (Å²) in [5.41, 5.74) is 0. The van der Waals surface area contributed by atoms with Crippen LogP contribution in [0.25, 0.3) is 0 Å². The average molecular weight is 385 g/mol. The summed E-state index contributed by atoms with van der Waals surface area (Å²) >= 11 is 0. The van der Waals surface area contributed by atoms with Crippen molar-refractivity contribution in [2.45, 2.75) is 91.1 Å². The van der Waals surface area contributed by atoms with Crippen LogP contribution in [-0.4, -0.2) is 25.8 Å². The second kappa shape index (κ2) is 5.90. The zero-order valence-electron chi connectivity index (χ0n) is 15.8. The molecule has 0 amide bonds. The van der Waals surface area contributed by atoms with Crippen molar-refractivity contribution in [3.63, 3.8) is 0 Å². The van der Waals surface area contributed by atoms with Gasteiger partial charge in [-0.15, -0.1) is 0 Å². The fourth-order valence-corrected chi connectivity index (χ4v) is 132. The van der Waals surface area contributed by atoms with Gasteiger partial charge in [-0.2, -0.15) is 0 Å². The Kier molecular flexibility index (Phi) is 5.96. The molecule has 20 heavy (non-hydrogen) atoms. The van der Waals surface area contributed by atoms with Crippen molar-refractivity contribution in [2.75, 3.05) is 0 Å². The van der Waals surface area contributed by atoms with E-state index in [-0.39, 0.29) is 0 Å². The first kappa shape index (κ1) is 20.2. The molecule has 0 saturated carbocycles. The van der Waals surface area contributed by atoms with Gasteiger partial charge in [-0.25, -0.2) is 0 Å². The average Bonchev–Trinajstić information content (AvgIpc) is 1.86. The third kappa shape index (κ3) is 4.16. The molecule has 0 aliphatic carbocycles. The van der Waals surface area contributed by atoms with Gasteiger partial charge >= 0.3 is 0 Å². The molecule has 1 aliphatic heterocycles. The fraction of sp³-hybridized carbons (Fsp3) is 1.00. The summed E-state index contributed by atoms with van der Waals surface area (Å²) in [6.07, 6.45) is 0. The summed E-state index contributed by atoms with van der Waals surface area (Å²) in [5, 5.41) is 1.22. The van der Waals surface area contributed by atoms with Gasteiger partial charge in [0.25, 0.3) is 0 Å². The highest BCUT2D eigenvalue weighted by Crippen LogP contribution is 3.26. The lowest BCUT2D eigenvalue weighted by Crippen LogP contribution is -2.33. The molecule has 1 rings (SSSR count). The Labute approximate surface area is 135 Å². The Morgan fingerprint density at radius 3 is 0.800 bits per heavy atom. The predicted octanol–water partition coefficient (Wildman–Crippen LogP) is 8.85. The van der Waals surface area contributed by atoms with Gasteiger partial charge in [0.15, 0.2) is 0 Å². The first-order valence-electron chi connectivity index (χ1n) is 7.69. The van der Waals surface area contributed by atoms with Crippen molar-refractivity contribution in [3.05, 3.63) is 0 Å². The molecule has 120 valence electrons. The number of hydrogen-bond acceptors (Lipinski definition) is 0. The van der Waals surface area contributed by atoms with Crippen LogP contribution in [0.5, 0.6) is 0 Å². The first-order valence-corrected chi connectivity index (χ1v) is 24.6. The van der Waals surface area contributed by atoms with Crippen LogP contribution in [0.3, 0.4) is 0 Å². The van der Waals surface area contributed by atoms with Gasteiger partial charge in [-0.1, -0.05) is 94.5 Å². The van der Waals surface area contributed by atoms with E-state index in [9.17, 15) is 0 Å². The van der Waals surface area contributed by atoms with Gasteiger partial charge in [-0.3, -0.25) is 0 Å². The van der Waals surface area contributed by atoms with Gasteiger partial charge in [0, 0.05) is 0 Å². The van der Waals surface area contributed by atoms with Gasteiger partial charge in [0.05, 0.1) is 15.5 Å². The zero-order chi connectivity index (χ0) is 16.3. The minimum atomic E-state index is -0.979. The third-order valence-corrected chi connectivity index (χ3v) is 80.9. The Bertz CT molecular complexity index is 277. The highest BCUT2D eigenvalue weighted by molar-refractivity contribution is 9.18. The Balaban J connectivity index is 3.33. The quantitative estimate of drug-likeness (QED) is 0.329. The fourth-order valence-electron chi connectivity index (χ4n) is 2.56. The van der Waals surface area contributed by atoms with E-state index in [1.54, 1.807) is 0 Å². The number of rotatable bonds is 2. The van der Waals surface area contributed by atoms with Crippen LogP contribution >= 0.6 is 28.3 Å². The smallest absolute Gasteiger partial charge is 0.0650 e. The standard InChI is InChI=1S/C14H36P4Si2/c1-13(2,3)15-17(19(7,8)9)16(14(4,5)6)18(15)20(10,11)12/h1-12H3. The molecule has 0 unspecified atom stereocenters. The Morgan fingerprint density at radius 1 is 0.500 bits per heavy atom. The molecule has 0 aromatic heterocycles. The maximum absolute atomic E-state index is 2.68. The number of hydrogen-bond donors (Lipinski definition) is 0. The van der Waals surface area contributed by atoms with Crippen LogP contribution in [0.1, 0.15) is 41.5 Å². The largest absolute Gasteiger partial charge is 0.0832 e. The lowest BCUT2D eigenvalue weighted by atomic mass is 10.3. The molecule has 0 radical (unpaired) electrons. The van der Waals surface area contributed by atoms with Crippen molar-refractivity contribution in [2.24, 2.45) is 0 Å². The topological polar surface area (TPSA) is 0 Å². The van der Waals surface area contributed by atoms with E-state index >= 15 is 0 Å². The van der Waals surface area contributed by atoms with Crippen LogP contribution in [0.2, 0.25) is 39.3 Å². The molecule has 1 heterocycles. The van der Waals surface area contributed by atoms with Gasteiger partial charge in [0.1, 0.15) is 0 Å². The third-order valence-electron chi connectivity index (χ3n) is 3.12. The monoisotopic (exact) mass is 384 g/mol. The summed E-state index contributed by atoms with van der Waals surface area (Å²) in [4.78, 5) is 0. The minimum Gasteiger partial charge on any atom is -0.0650 e. The summed E-state index contributed by atoms with van der Waals surface area (Å²) in [6.45, 7) is 32.3. The highest BCUT2D eigenvalue weighted by atomic mass is 33.1. The maximum atomic E-state index is 2.68. The molecule has 0 aromatic rings. The van der Waals surface area contributed by atoms with Crippen molar-refractivity contribution in [1.82, 2.24) is 0 Å². The molecule has 1 fully saturated rings. The first-order chi connectivity index (χ1) is 8.49. The van der Waals surface area contributed by atoms with E-state index in [4.69, 9.17) is 0 Å². The summed E-state index contributed by atoms with van der Waals surface area (Å²) in [7, 11) is -1.29. The molecule has 0 spiro atoms. The van der Waals surface area contributed by atoms with E-state index in [0.717, 1.165) is 0 Å². The van der Waals surface area contributed by atoms with Crippen molar-refractivity contribution >= 4 is 43.8 Å². The van der Waals surface area contributed by atoms with E-state index in [2.05, 4.69) is 80.8 Å². The van der Waals surface area contributed by atoms with Crippen molar-refractivity contribution < 1.29 is 0 Å². The zero-order valence-corrected chi connectivity index (χ0v) is 21.4. The van der Waals surface area contributed by atoms with E-state index in [0.29, 0.717) is 38.6 Å². The highest BCUT2D eigenvalue weighted by Gasteiger charge is 2.64. The summed E-state index contributed by atoms with van der Waals surface area (Å²) < 4.78 is 0. The van der Waals surface area contributed by atoms with Crippen LogP contribution in [0.15, 0.2) is 0 Å². The van der Waals surface area contributed by atoms with Crippen molar-refractivity contribution in [1.29, 1.82) is 0 Å². The van der Waals surface area contributed by atoms with Gasteiger partial charge in [0.2, 0.25) is 0 Å². The second-order valence-corrected chi connectivity index (χ2v) is 52.2. The summed E-state index contributed by atoms with van der Waals surface area (Å²) in [6, 6.07) is 0. The molecule has 0 atom stereocenters. The molecular formula is C14H36P4Si2. The second-order valence-electron chi connectivity index (χ2n) is 9.84. The lowest BCUT2D eigenvalue weighted by Gasteiger charge is -2.69. The molecular weight excluding hydrogens is 348 g/mol. The van der Waals surface area contributed by atoms with E-state index in [1.807, 2.05) is 0 Å². The maximum Gasteiger partial charge on any atom is 0.0832 e. The van der Waals surface area contributed by atoms with Crippen LogP contribution < -0.4 is 0 Å². The molecule has 0 N–H and O–H groups in total. The molecule has 0 bridgehead atoms. The van der Waals surface area contributed by atoms with Gasteiger partial charge < -0.3 is 0 Å². The van der Waals surface area contributed by atoms with Crippen LogP contribution in [0.4, 0.5) is 0 Å². The lowest BCUT2D eigenvalue weighted by molar-refractivity contribution is 0.795. The van der Waals surface area contributed by atoms with Gasteiger partial charge in [-0.05, 0) is 24.9 Å². The minimum absolute atomic E-state index is 0.336. The van der Waals surface area contributed by atoms with E-state index in [1.165, 1.54) is 0 Å². The van der Waals surface area contributed by atoms with Crippen LogP contribution in [-0.2, 0) is 0 Å². The molecule has 6 heteroatoms. The molecule has 1 saturated heterocycles. The predicted molar refractivity (Wildman–Crippen MR) is 114 cm³/mol. The molecule has 1 aliphatic rings. The van der Waals surface area contributed by atoms with E-state index < -0.39 is 15.5 Å². The molecule has 0 nitrogen and oxygen atoms in total. The van der Waals surface area contributed by atoms with Crippen LogP contribution in [0, 0.1) is 0 Å². The Morgan fingerprint density at radius 2 is 0.700 bits per heavy atom. The van der Waals surface area contributed by atoms with Crippen molar-refractivity contribution in [3.8, 4) is 0 Å². The summed E-state index contributed by atoms with van der Waals surface area (Å²) in [5.74, 6) is 0. The Hall–Kier alpha value is 2.15. The SMILES string of the molecule is CC(C)(C)P1P([Si](C)(C)C)P(C(C)(C)C)P1[Si](C)(C)C. The molecule has 0 aromatic carbocycles. The normalized spacial score (nSPS) is 33.0.